The van der Waals surface area contributed by atoms with Gasteiger partial charge in [0.1, 0.15) is 0 Å². The van der Waals surface area contributed by atoms with Crippen molar-refractivity contribution in [2.45, 2.75) is 44.6 Å². The number of carboxylic acids is 1. The molecule has 0 saturated carbocycles. The lowest BCUT2D eigenvalue weighted by molar-refractivity contribution is -0.143. The Labute approximate surface area is 154 Å². The summed E-state index contributed by atoms with van der Waals surface area (Å²) in [5.41, 5.74) is 0.362. The first-order valence-corrected chi connectivity index (χ1v) is 10.3. The first kappa shape index (κ1) is 20.4. The third kappa shape index (κ3) is 4.07. The summed E-state index contributed by atoms with van der Waals surface area (Å²) in [7, 11) is -3.57. The molecule has 0 aliphatic carbocycles. The standard InChI is InChI=1S/C18H26N2O5S/c1-4-19(5-2)26(24,25)16-10-8-14(9-11-16)17(21)20-12-15(18(22)23)7-6-13(20)3/h8-11,13,15H,4-7,12H2,1-3H3,(H,22,23). The van der Waals surface area contributed by atoms with E-state index in [1.165, 1.54) is 28.6 Å². The highest BCUT2D eigenvalue weighted by Gasteiger charge is 2.33. The van der Waals surface area contributed by atoms with Crippen LogP contribution in [0.25, 0.3) is 0 Å². The number of nitrogens with zero attached hydrogens (tertiary/aromatic N) is 2. The zero-order valence-corrected chi connectivity index (χ0v) is 16.2. The molecule has 1 aromatic rings. The molecule has 1 heterocycles. The molecule has 2 rings (SSSR count). The third-order valence-corrected chi connectivity index (χ3v) is 7.00. The van der Waals surface area contributed by atoms with Gasteiger partial charge in [-0.2, -0.15) is 4.31 Å². The molecule has 1 saturated heterocycles. The Morgan fingerprint density at radius 3 is 2.23 bits per heavy atom. The maximum Gasteiger partial charge on any atom is 0.308 e. The Morgan fingerprint density at radius 1 is 1.15 bits per heavy atom. The van der Waals surface area contributed by atoms with Crippen LogP contribution < -0.4 is 0 Å². The summed E-state index contributed by atoms with van der Waals surface area (Å²) in [4.78, 5) is 25.7. The lowest BCUT2D eigenvalue weighted by atomic mass is 9.93. The Hall–Kier alpha value is -1.93. The average molecular weight is 382 g/mol. The molecule has 2 atom stereocenters. The smallest absolute Gasteiger partial charge is 0.308 e. The lowest BCUT2D eigenvalue weighted by Crippen LogP contribution is -2.47. The quantitative estimate of drug-likeness (QED) is 0.812. The van der Waals surface area contributed by atoms with Gasteiger partial charge in [-0.3, -0.25) is 9.59 Å². The van der Waals surface area contributed by atoms with Crippen LogP contribution in [0.5, 0.6) is 0 Å². The van der Waals surface area contributed by atoms with Gasteiger partial charge in [-0.15, -0.1) is 0 Å². The SMILES string of the molecule is CCN(CC)S(=O)(=O)c1ccc(C(=O)N2CC(C(=O)O)CCC2C)cc1. The molecule has 1 aliphatic heterocycles. The average Bonchev–Trinajstić information content (AvgIpc) is 2.62. The predicted molar refractivity (Wildman–Crippen MR) is 97.4 cm³/mol. The van der Waals surface area contributed by atoms with E-state index in [0.29, 0.717) is 31.5 Å². The highest BCUT2D eigenvalue weighted by molar-refractivity contribution is 7.89. The third-order valence-electron chi connectivity index (χ3n) is 4.94. The van der Waals surface area contributed by atoms with Crippen LogP contribution in [0.4, 0.5) is 0 Å². The number of benzene rings is 1. The highest BCUT2D eigenvalue weighted by atomic mass is 32.2. The molecule has 26 heavy (non-hydrogen) atoms. The van der Waals surface area contributed by atoms with Crippen molar-refractivity contribution in [3.63, 3.8) is 0 Å². The molecule has 1 N–H and O–H groups in total. The first-order valence-electron chi connectivity index (χ1n) is 8.86. The zero-order valence-electron chi connectivity index (χ0n) is 15.4. The van der Waals surface area contributed by atoms with Gasteiger partial charge in [0, 0.05) is 31.2 Å². The van der Waals surface area contributed by atoms with Crippen molar-refractivity contribution in [1.29, 1.82) is 0 Å². The van der Waals surface area contributed by atoms with E-state index < -0.39 is 21.9 Å². The number of hydrogen-bond donors (Lipinski definition) is 1. The van der Waals surface area contributed by atoms with Gasteiger partial charge in [0.2, 0.25) is 10.0 Å². The minimum atomic E-state index is -3.57. The van der Waals surface area contributed by atoms with E-state index in [4.69, 9.17) is 0 Å². The van der Waals surface area contributed by atoms with Gasteiger partial charge in [0.25, 0.3) is 5.91 Å². The molecule has 0 radical (unpaired) electrons. The van der Waals surface area contributed by atoms with Crippen molar-refractivity contribution >= 4 is 21.9 Å². The number of aliphatic carboxylic acids is 1. The molecule has 1 fully saturated rings. The number of likely N-dealkylation sites (tertiary alicyclic amines) is 1. The Kier molecular flexibility index (Phi) is 6.41. The maximum absolute atomic E-state index is 12.8. The molecular weight excluding hydrogens is 356 g/mol. The summed E-state index contributed by atoms with van der Waals surface area (Å²) in [5.74, 6) is -1.72. The van der Waals surface area contributed by atoms with Crippen molar-refractivity contribution in [2.75, 3.05) is 19.6 Å². The van der Waals surface area contributed by atoms with Crippen molar-refractivity contribution in [2.24, 2.45) is 5.92 Å². The topological polar surface area (TPSA) is 95.0 Å². The van der Waals surface area contributed by atoms with Crippen LogP contribution in [0.2, 0.25) is 0 Å². The number of amides is 1. The van der Waals surface area contributed by atoms with Gasteiger partial charge in [-0.05, 0) is 44.0 Å². The molecule has 1 aromatic carbocycles. The molecule has 2 unspecified atom stereocenters. The Morgan fingerprint density at radius 2 is 1.73 bits per heavy atom. The number of carboxylic acid groups (broad SMARTS) is 1. The maximum atomic E-state index is 12.8. The number of hydrogen-bond acceptors (Lipinski definition) is 4. The molecular formula is C18H26N2O5S. The highest BCUT2D eigenvalue weighted by Crippen LogP contribution is 2.24. The lowest BCUT2D eigenvalue weighted by Gasteiger charge is -2.36. The molecule has 0 bridgehead atoms. The molecule has 8 heteroatoms. The van der Waals surface area contributed by atoms with Crippen LogP contribution in [-0.2, 0) is 14.8 Å². The number of piperidine rings is 1. The molecule has 1 amide bonds. The number of rotatable bonds is 6. The van der Waals surface area contributed by atoms with Gasteiger partial charge in [-0.1, -0.05) is 13.8 Å². The molecule has 144 valence electrons. The molecule has 0 aromatic heterocycles. The summed E-state index contributed by atoms with van der Waals surface area (Å²) >= 11 is 0. The van der Waals surface area contributed by atoms with Crippen LogP contribution in [-0.4, -0.2) is 60.3 Å². The van der Waals surface area contributed by atoms with E-state index >= 15 is 0 Å². The van der Waals surface area contributed by atoms with Gasteiger partial charge >= 0.3 is 5.97 Å². The largest absolute Gasteiger partial charge is 0.481 e. The van der Waals surface area contributed by atoms with E-state index in [1.807, 2.05) is 6.92 Å². The van der Waals surface area contributed by atoms with Gasteiger partial charge in [0.15, 0.2) is 0 Å². The summed E-state index contributed by atoms with van der Waals surface area (Å²) in [5, 5.41) is 9.21. The predicted octanol–water partition coefficient (Wildman–Crippen LogP) is 2.04. The fourth-order valence-electron chi connectivity index (χ4n) is 3.24. The second-order valence-electron chi connectivity index (χ2n) is 6.53. The van der Waals surface area contributed by atoms with E-state index in [0.717, 1.165) is 0 Å². The second kappa shape index (κ2) is 8.18. The van der Waals surface area contributed by atoms with Crippen molar-refractivity contribution in [1.82, 2.24) is 9.21 Å². The first-order chi connectivity index (χ1) is 12.2. The minimum Gasteiger partial charge on any atom is -0.481 e. The number of carbonyl (C=O) groups is 2. The van der Waals surface area contributed by atoms with Crippen LogP contribution in [0, 0.1) is 5.92 Å². The Balaban J connectivity index is 2.22. The molecule has 0 spiro atoms. The fourth-order valence-corrected chi connectivity index (χ4v) is 4.70. The van der Waals surface area contributed by atoms with Crippen LogP contribution in [0.15, 0.2) is 29.2 Å². The van der Waals surface area contributed by atoms with Gasteiger partial charge < -0.3 is 10.0 Å². The van der Waals surface area contributed by atoms with E-state index in [-0.39, 0.29) is 23.4 Å². The zero-order chi connectivity index (χ0) is 19.5. The van der Waals surface area contributed by atoms with E-state index in [2.05, 4.69) is 0 Å². The van der Waals surface area contributed by atoms with Gasteiger partial charge in [-0.25, -0.2) is 8.42 Å². The normalized spacial score (nSPS) is 21.0. The van der Waals surface area contributed by atoms with Crippen molar-refractivity contribution < 1.29 is 23.1 Å². The van der Waals surface area contributed by atoms with Gasteiger partial charge in [0.05, 0.1) is 10.8 Å². The van der Waals surface area contributed by atoms with E-state index in [1.54, 1.807) is 18.7 Å². The monoisotopic (exact) mass is 382 g/mol. The van der Waals surface area contributed by atoms with E-state index in [9.17, 15) is 23.1 Å². The number of sulfonamides is 1. The number of carbonyl (C=O) groups excluding carboxylic acids is 1. The minimum absolute atomic E-state index is 0.0443. The second-order valence-corrected chi connectivity index (χ2v) is 8.47. The fraction of sp³-hybridized carbons (Fsp3) is 0.556. The summed E-state index contributed by atoms with van der Waals surface area (Å²) in [6.45, 7) is 6.37. The van der Waals surface area contributed by atoms with Crippen LogP contribution in [0.3, 0.4) is 0 Å². The summed E-state index contributed by atoms with van der Waals surface area (Å²) in [6.07, 6.45) is 1.19. The summed E-state index contributed by atoms with van der Waals surface area (Å²) in [6, 6.07) is 5.82. The molecule has 7 nitrogen and oxygen atoms in total. The molecule has 1 aliphatic rings. The van der Waals surface area contributed by atoms with Crippen LogP contribution in [0.1, 0.15) is 44.0 Å². The van der Waals surface area contributed by atoms with Crippen LogP contribution >= 0.6 is 0 Å². The summed E-state index contributed by atoms with van der Waals surface area (Å²) < 4.78 is 26.4. The van der Waals surface area contributed by atoms with Crippen molar-refractivity contribution in [3.8, 4) is 0 Å². The Bertz CT molecular complexity index is 756. The van der Waals surface area contributed by atoms with Crippen molar-refractivity contribution in [3.05, 3.63) is 29.8 Å².